The van der Waals surface area contributed by atoms with Crippen LogP contribution in [0.25, 0.3) is 0 Å². The lowest BCUT2D eigenvalue weighted by Crippen LogP contribution is -2.60. The quantitative estimate of drug-likeness (QED) is 0.643. The Kier molecular flexibility index (Phi) is 3.25. The van der Waals surface area contributed by atoms with E-state index in [1.807, 2.05) is 6.92 Å². The third kappa shape index (κ3) is 2.07. The predicted octanol–water partition coefficient (Wildman–Crippen LogP) is 5.11. The van der Waals surface area contributed by atoms with Gasteiger partial charge in [0.05, 0.1) is 5.41 Å². The molecule has 6 rings (SSSR count). The molecule has 0 radical (unpaired) electrons. The van der Waals surface area contributed by atoms with Gasteiger partial charge in [-0.25, -0.2) is 0 Å². The first-order chi connectivity index (χ1) is 11.7. The Labute approximate surface area is 146 Å². The molecule has 0 amide bonds. The number of alkyl halides is 3. The van der Waals surface area contributed by atoms with E-state index >= 15 is 0 Å². The van der Waals surface area contributed by atoms with E-state index in [-0.39, 0.29) is 24.2 Å². The number of esters is 1. The molecule has 3 unspecified atom stereocenters. The summed E-state index contributed by atoms with van der Waals surface area (Å²) < 4.78 is 47.6. The van der Waals surface area contributed by atoms with Crippen molar-refractivity contribution in [2.75, 3.05) is 0 Å². The van der Waals surface area contributed by atoms with Crippen molar-refractivity contribution < 1.29 is 22.7 Å². The number of carbonyl (C=O) groups excluding carboxylic acids is 1. The highest BCUT2D eigenvalue weighted by Gasteiger charge is 2.70. The van der Waals surface area contributed by atoms with Crippen LogP contribution in [0.4, 0.5) is 13.2 Å². The summed E-state index contributed by atoms with van der Waals surface area (Å²) in [5.41, 5.74) is -2.90. The minimum absolute atomic E-state index is 0.0103. The monoisotopic (exact) mass is 356 g/mol. The van der Waals surface area contributed by atoms with Gasteiger partial charge in [-0.2, -0.15) is 13.2 Å². The molecule has 6 aliphatic rings. The average molecular weight is 356 g/mol. The van der Waals surface area contributed by atoms with Crippen molar-refractivity contribution in [3.8, 4) is 0 Å². The van der Waals surface area contributed by atoms with Gasteiger partial charge in [0.25, 0.3) is 0 Å². The topological polar surface area (TPSA) is 26.3 Å². The zero-order chi connectivity index (χ0) is 17.6. The molecule has 0 aliphatic heterocycles. The summed E-state index contributed by atoms with van der Waals surface area (Å²) in [5.74, 6) is 0.823. The largest absolute Gasteiger partial charge is 0.449 e. The second kappa shape index (κ2) is 4.95. The minimum atomic E-state index is -4.45. The summed E-state index contributed by atoms with van der Waals surface area (Å²) in [6, 6.07) is 0. The Hall–Kier alpha value is -0.740. The van der Waals surface area contributed by atoms with Gasteiger partial charge in [-0.1, -0.05) is 0 Å². The smallest absolute Gasteiger partial charge is 0.428 e. The maximum atomic E-state index is 14.0. The van der Waals surface area contributed by atoms with Gasteiger partial charge < -0.3 is 4.74 Å². The summed E-state index contributed by atoms with van der Waals surface area (Å²) in [4.78, 5) is 13.2. The molecule has 0 aromatic heterocycles. The van der Waals surface area contributed by atoms with Crippen molar-refractivity contribution in [3.63, 3.8) is 0 Å². The molecule has 6 bridgehead atoms. The maximum Gasteiger partial charge on any atom is 0.428 e. The van der Waals surface area contributed by atoms with Crippen LogP contribution in [0.5, 0.6) is 0 Å². The predicted molar refractivity (Wildman–Crippen MR) is 85.5 cm³/mol. The van der Waals surface area contributed by atoms with Crippen LogP contribution in [0.15, 0.2) is 0 Å². The molecule has 6 fully saturated rings. The molecule has 0 heterocycles. The third-order valence-corrected chi connectivity index (χ3v) is 8.82. The van der Waals surface area contributed by atoms with Crippen molar-refractivity contribution >= 4 is 5.97 Å². The molecule has 140 valence electrons. The second-order valence-corrected chi connectivity index (χ2v) is 9.94. The molecule has 6 saturated carbocycles. The SMILES string of the molecule is CC1(C(=O)OC2(C(F)(F)F)CC3CCC2C3)C2CC3CC(C2)CC1C3. The molecule has 0 N–H and O–H groups in total. The highest BCUT2D eigenvalue weighted by molar-refractivity contribution is 5.78. The first-order valence-electron chi connectivity index (χ1n) is 10.0. The first-order valence-corrected chi connectivity index (χ1v) is 10.0. The van der Waals surface area contributed by atoms with Crippen molar-refractivity contribution in [1.82, 2.24) is 0 Å². The van der Waals surface area contributed by atoms with Crippen LogP contribution in [0.1, 0.15) is 64.7 Å². The zero-order valence-electron chi connectivity index (χ0n) is 14.8. The Morgan fingerprint density at radius 2 is 1.44 bits per heavy atom. The first kappa shape index (κ1) is 16.4. The highest BCUT2D eigenvalue weighted by atomic mass is 19.4. The third-order valence-electron chi connectivity index (χ3n) is 8.82. The summed E-state index contributed by atoms with van der Waals surface area (Å²) >= 11 is 0. The van der Waals surface area contributed by atoms with Gasteiger partial charge in [0.15, 0.2) is 0 Å². The summed E-state index contributed by atoms with van der Waals surface area (Å²) in [7, 11) is 0. The number of ether oxygens (including phenoxy) is 1. The molecule has 0 spiro atoms. The van der Waals surface area contributed by atoms with Crippen molar-refractivity contribution in [2.24, 2.45) is 40.9 Å². The minimum Gasteiger partial charge on any atom is -0.449 e. The van der Waals surface area contributed by atoms with Gasteiger partial charge in [0.1, 0.15) is 0 Å². The maximum absolute atomic E-state index is 14.0. The molecular formula is C20H27F3O2. The summed E-state index contributed by atoms with van der Waals surface area (Å²) in [5, 5.41) is 0. The Morgan fingerprint density at radius 1 is 0.880 bits per heavy atom. The standard InChI is InChI=1S/C20H27F3O2/c1-18(15-6-12-4-13(8-15)9-16(18)7-12)17(24)25-19(20(21,22)23)10-11-2-3-14(19)5-11/h11-16H,2-10H2,1H3. The lowest BCUT2D eigenvalue weighted by atomic mass is 9.46. The van der Waals surface area contributed by atoms with Crippen molar-refractivity contribution in [3.05, 3.63) is 0 Å². The van der Waals surface area contributed by atoms with Crippen molar-refractivity contribution in [2.45, 2.75) is 76.5 Å². The fourth-order valence-electron chi connectivity index (χ4n) is 7.58. The summed E-state index contributed by atoms with van der Waals surface area (Å²) in [6.07, 6.45) is 2.78. The fraction of sp³-hybridized carbons (Fsp3) is 0.950. The van der Waals surface area contributed by atoms with Crippen LogP contribution in [0, 0.1) is 40.9 Å². The van der Waals surface area contributed by atoms with Gasteiger partial charge in [-0.05, 0) is 94.3 Å². The Bertz CT molecular complexity index is 570. The van der Waals surface area contributed by atoms with Gasteiger partial charge in [-0.15, -0.1) is 0 Å². The molecule has 6 aliphatic carbocycles. The van der Waals surface area contributed by atoms with E-state index in [1.54, 1.807) is 0 Å². The Balaban J connectivity index is 1.44. The molecule has 5 heteroatoms. The van der Waals surface area contributed by atoms with Crippen LogP contribution >= 0.6 is 0 Å². The fourth-order valence-corrected chi connectivity index (χ4v) is 7.58. The molecule has 0 aromatic carbocycles. The molecular weight excluding hydrogens is 329 g/mol. The van der Waals surface area contributed by atoms with Gasteiger partial charge >= 0.3 is 12.1 Å². The van der Waals surface area contributed by atoms with Crippen LogP contribution in [0.3, 0.4) is 0 Å². The second-order valence-electron chi connectivity index (χ2n) is 9.94. The molecule has 0 aromatic rings. The highest BCUT2D eigenvalue weighted by Crippen LogP contribution is 2.64. The van der Waals surface area contributed by atoms with Gasteiger partial charge in [0.2, 0.25) is 5.60 Å². The number of fused-ring (bicyclic) bond motifs is 2. The van der Waals surface area contributed by atoms with Crippen LogP contribution in [-0.2, 0) is 9.53 Å². The number of hydrogen-bond acceptors (Lipinski definition) is 2. The van der Waals surface area contributed by atoms with E-state index < -0.39 is 29.1 Å². The molecule has 0 saturated heterocycles. The Morgan fingerprint density at radius 3 is 1.88 bits per heavy atom. The van der Waals surface area contributed by atoms with Crippen molar-refractivity contribution in [1.29, 1.82) is 0 Å². The number of rotatable bonds is 2. The van der Waals surface area contributed by atoms with Gasteiger partial charge in [0, 0.05) is 5.92 Å². The number of carbonyl (C=O) groups is 1. The zero-order valence-corrected chi connectivity index (χ0v) is 14.8. The van der Waals surface area contributed by atoms with E-state index in [2.05, 4.69) is 0 Å². The number of hydrogen-bond donors (Lipinski definition) is 0. The van der Waals surface area contributed by atoms with Crippen LogP contribution in [-0.4, -0.2) is 17.7 Å². The van der Waals surface area contributed by atoms with Crippen LogP contribution < -0.4 is 0 Å². The normalized spacial score (nSPS) is 53.4. The van der Waals surface area contributed by atoms with E-state index in [9.17, 15) is 18.0 Å². The van der Waals surface area contributed by atoms with E-state index in [0.29, 0.717) is 24.7 Å². The summed E-state index contributed by atoms with van der Waals surface area (Å²) in [6.45, 7) is 1.92. The number of halogens is 3. The molecule has 25 heavy (non-hydrogen) atoms. The van der Waals surface area contributed by atoms with Crippen LogP contribution in [0.2, 0.25) is 0 Å². The van der Waals surface area contributed by atoms with E-state index in [4.69, 9.17) is 4.74 Å². The lowest BCUT2D eigenvalue weighted by Gasteiger charge is -2.59. The van der Waals surface area contributed by atoms with E-state index in [0.717, 1.165) is 32.1 Å². The lowest BCUT2D eigenvalue weighted by molar-refractivity contribution is -0.293. The van der Waals surface area contributed by atoms with Gasteiger partial charge in [-0.3, -0.25) is 4.79 Å². The van der Waals surface area contributed by atoms with E-state index in [1.165, 1.54) is 6.42 Å². The molecule has 2 nitrogen and oxygen atoms in total. The average Bonchev–Trinajstić information content (AvgIpc) is 3.12. The molecule has 3 atom stereocenters.